The Labute approximate surface area is 147 Å². The van der Waals surface area contributed by atoms with Gasteiger partial charge < -0.3 is 0 Å². The summed E-state index contributed by atoms with van der Waals surface area (Å²) in [7, 11) is 0. The molecule has 0 radical (unpaired) electrons. The van der Waals surface area contributed by atoms with E-state index in [1.165, 1.54) is 11.6 Å². The maximum Gasteiger partial charge on any atom is 0.139 e. The second-order valence-corrected chi connectivity index (χ2v) is 6.11. The molecule has 0 bridgehead atoms. The number of hydrogen-bond acceptors (Lipinski definition) is 2. The Morgan fingerprint density at radius 1 is 1.21 bits per heavy atom. The fourth-order valence-electron chi connectivity index (χ4n) is 2.44. The van der Waals surface area contributed by atoms with E-state index in [9.17, 15) is 4.39 Å². The lowest BCUT2D eigenvalue weighted by molar-refractivity contribution is 0.599. The predicted molar refractivity (Wildman–Crippen MR) is 99.1 cm³/mol. The highest BCUT2D eigenvalue weighted by atomic mass is 32.2. The number of thiocyanates is 1. The molecular formula is C21H18FNS. The average Bonchev–Trinajstić information content (AvgIpc) is 2.57. The molecule has 24 heavy (non-hydrogen) atoms. The molecule has 1 nitrogen and oxygen atoms in total. The van der Waals surface area contributed by atoms with Crippen LogP contribution in [-0.2, 0) is 6.42 Å². The first-order chi connectivity index (χ1) is 11.6. The number of nitrogens with zero attached hydrogens (tertiary/aromatic N) is 1. The molecule has 2 aromatic rings. The second kappa shape index (κ2) is 8.39. The van der Waals surface area contributed by atoms with E-state index < -0.39 is 5.82 Å². The molecule has 2 aromatic carbocycles. The van der Waals surface area contributed by atoms with Crippen LogP contribution >= 0.6 is 11.8 Å². The Kier molecular flexibility index (Phi) is 6.24. The molecule has 0 aliphatic heterocycles. The number of halogens is 1. The summed E-state index contributed by atoms with van der Waals surface area (Å²) in [5.41, 5.74) is 4.63. The summed E-state index contributed by atoms with van der Waals surface area (Å²) in [5, 5.41) is 10.6. The smallest absolute Gasteiger partial charge is 0.139 e. The predicted octanol–water partition coefficient (Wildman–Crippen LogP) is 5.70. The third kappa shape index (κ3) is 4.28. The molecule has 0 saturated carbocycles. The van der Waals surface area contributed by atoms with Crippen molar-refractivity contribution < 1.29 is 4.39 Å². The van der Waals surface area contributed by atoms with Gasteiger partial charge in [-0.3, -0.25) is 0 Å². The van der Waals surface area contributed by atoms with Crippen LogP contribution < -0.4 is 0 Å². The number of hydrogen-bond donors (Lipinski definition) is 0. The lowest BCUT2D eigenvalue weighted by atomic mass is 10.0. The molecule has 0 aliphatic rings. The Morgan fingerprint density at radius 2 is 2.00 bits per heavy atom. The summed E-state index contributed by atoms with van der Waals surface area (Å²) in [4.78, 5) is 0.369. The summed E-state index contributed by atoms with van der Waals surface area (Å²) in [6.45, 7) is 5.87. The van der Waals surface area contributed by atoms with Crippen molar-refractivity contribution in [3.63, 3.8) is 0 Å². The Morgan fingerprint density at radius 3 is 2.62 bits per heavy atom. The van der Waals surface area contributed by atoms with Crippen molar-refractivity contribution in [2.45, 2.75) is 32.1 Å². The Bertz CT molecular complexity index is 856. The third-order valence-electron chi connectivity index (χ3n) is 3.59. The molecule has 0 N–H and O–H groups in total. The van der Waals surface area contributed by atoms with Gasteiger partial charge in [0.15, 0.2) is 0 Å². The molecule has 0 aliphatic carbocycles. The van der Waals surface area contributed by atoms with Crippen LogP contribution in [0.5, 0.6) is 0 Å². The van der Waals surface area contributed by atoms with E-state index in [1.807, 2.05) is 36.6 Å². The summed E-state index contributed by atoms with van der Waals surface area (Å²) >= 11 is 0.840. The fraction of sp³-hybridized carbons (Fsp3) is 0.190. The minimum absolute atomic E-state index is 0.369. The van der Waals surface area contributed by atoms with Crippen molar-refractivity contribution >= 4 is 17.8 Å². The van der Waals surface area contributed by atoms with E-state index in [0.29, 0.717) is 10.5 Å². The van der Waals surface area contributed by atoms with Crippen molar-refractivity contribution in [3.8, 4) is 17.2 Å². The maximum absolute atomic E-state index is 14.1. The minimum atomic E-state index is -0.398. The van der Waals surface area contributed by atoms with Gasteiger partial charge in [-0.25, -0.2) is 4.39 Å². The van der Waals surface area contributed by atoms with Gasteiger partial charge in [0, 0.05) is 11.1 Å². The van der Waals surface area contributed by atoms with Gasteiger partial charge >= 0.3 is 0 Å². The third-order valence-corrected chi connectivity index (χ3v) is 4.40. The van der Waals surface area contributed by atoms with E-state index in [1.54, 1.807) is 6.92 Å². The van der Waals surface area contributed by atoms with Gasteiger partial charge in [0.25, 0.3) is 0 Å². The van der Waals surface area contributed by atoms with E-state index >= 15 is 0 Å². The zero-order chi connectivity index (χ0) is 17.5. The van der Waals surface area contributed by atoms with Crippen LogP contribution in [0.1, 0.15) is 41.7 Å². The summed E-state index contributed by atoms with van der Waals surface area (Å²) in [5.74, 6) is 5.78. The van der Waals surface area contributed by atoms with Gasteiger partial charge in [-0.05, 0) is 66.9 Å². The van der Waals surface area contributed by atoms with E-state index in [4.69, 9.17) is 5.26 Å². The molecule has 3 heteroatoms. The zero-order valence-corrected chi connectivity index (χ0v) is 14.8. The van der Waals surface area contributed by atoms with E-state index in [2.05, 4.69) is 30.9 Å². The van der Waals surface area contributed by atoms with Gasteiger partial charge in [0.1, 0.15) is 11.2 Å². The first-order valence-electron chi connectivity index (χ1n) is 7.72. The lowest BCUT2D eigenvalue weighted by Gasteiger charge is -2.04. The van der Waals surface area contributed by atoms with Crippen LogP contribution in [0.25, 0.3) is 6.08 Å². The Hall–Kier alpha value is -2.49. The topological polar surface area (TPSA) is 23.8 Å². The molecule has 0 spiro atoms. The number of thioether (sulfide) groups is 1. The highest BCUT2D eigenvalue weighted by Crippen LogP contribution is 2.26. The minimum Gasteiger partial charge on any atom is -0.206 e. The van der Waals surface area contributed by atoms with Crippen molar-refractivity contribution in [1.29, 1.82) is 5.26 Å². The average molecular weight is 335 g/mol. The van der Waals surface area contributed by atoms with Gasteiger partial charge in [-0.1, -0.05) is 43.0 Å². The highest BCUT2D eigenvalue weighted by molar-refractivity contribution is 8.03. The first kappa shape index (κ1) is 17.9. The summed E-state index contributed by atoms with van der Waals surface area (Å²) < 4.78 is 14.1. The fourth-order valence-corrected chi connectivity index (χ4v) is 2.91. The molecule has 0 heterocycles. The highest BCUT2D eigenvalue weighted by Gasteiger charge is 2.08. The number of rotatable bonds is 3. The monoisotopic (exact) mass is 335 g/mol. The lowest BCUT2D eigenvalue weighted by Crippen LogP contribution is -1.90. The van der Waals surface area contributed by atoms with Crippen molar-refractivity contribution in [2.24, 2.45) is 0 Å². The molecule has 0 saturated heterocycles. The molecule has 0 amide bonds. The quantitative estimate of drug-likeness (QED) is 0.408. The van der Waals surface area contributed by atoms with Gasteiger partial charge in [0.05, 0.1) is 4.90 Å². The molecule has 0 unspecified atom stereocenters. The number of aryl methyl sites for hydroxylation is 2. The van der Waals surface area contributed by atoms with Crippen LogP contribution in [0, 0.1) is 35.2 Å². The molecular weight excluding hydrogens is 317 g/mol. The standard InChI is InChI=1S/C21H18FNS/c1-4-6-16-7-9-19(18(5-2)12-16)10-8-17-11-15(3)21(24-14-23)20(22)13-17/h4,6-7,9,11-13H,5H2,1-3H3/b6-4+. The van der Waals surface area contributed by atoms with Crippen LogP contribution in [0.2, 0.25) is 0 Å². The normalized spacial score (nSPS) is 10.3. The van der Waals surface area contributed by atoms with Crippen molar-refractivity contribution in [2.75, 3.05) is 0 Å². The van der Waals surface area contributed by atoms with Crippen LogP contribution in [0.4, 0.5) is 4.39 Å². The van der Waals surface area contributed by atoms with Crippen LogP contribution in [-0.4, -0.2) is 0 Å². The van der Waals surface area contributed by atoms with E-state index in [0.717, 1.165) is 34.9 Å². The summed E-state index contributed by atoms with van der Waals surface area (Å²) in [6.07, 6.45) is 4.95. The van der Waals surface area contributed by atoms with Crippen molar-refractivity contribution in [1.82, 2.24) is 0 Å². The zero-order valence-electron chi connectivity index (χ0n) is 14.0. The molecule has 0 aromatic heterocycles. The SMILES string of the molecule is C/C=C/c1ccc(C#Cc2cc(C)c(SC#N)c(F)c2)c(CC)c1. The van der Waals surface area contributed by atoms with E-state index in [-0.39, 0.29) is 0 Å². The molecule has 0 fully saturated rings. The molecule has 2 rings (SSSR count). The van der Waals surface area contributed by atoms with Gasteiger partial charge in [-0.15, -0.1) is 0 Å². The molecule has 0 atom stereocenters. The largest absolute Gasteiger partial charge is 0.206 e. The van der Waals surface area contributed by atoms with Gasteiger partial charge in [-0.2, -0.15) is 5.26 Å². The van der Waals surface area contributed by atoms with Gasteiger partial charge in [0.2, 0.25) is 0 Å². The Balaban J connectivity index is 2.38. The first-order valence-corrected chi connectivity index (χ1v) is 8.54. The number of nitriles is 1. The number of benzene rings is 2. The van der Waals surface area contributed by atoms with Crippen LogP contribution in [0.3, 0.4) is 0 Å². The maximum atomic E-state index is 14.1. The van der Waals surface area contributed by atoms with Crippen LogP contribution in [0.15, 0.2) is 41.3 Å². The van der Waals surface area contributed by atoms with Crippen molar-refractivity contribution in [3.05, 3.63) is 70.0 Å². The summed E-state index contributed by atoms with van der Waals surface area (Å²) in [6, 6.07) is 9.36. The second-order valence-electron chi connectivity index (χ2n) is 5.32. The number of allylic oxidation sites excluding steroid dienone is 1. The molecule has 120 valence electrons.